The van der Waals surface area contributed by atoms with Gasteiger partial charge in [-0.2, -0.15) is 0 Å². The quantitative estimate of drug-likeness (QED) is 0.383. The molecule has 0 aromatic heterocycles. The molecule has 1 fully saturated rings. The molecule has 186 valence electrons. The van der Waals surface area contributed by atoms with Gasteiger partial charge in [-0.15, -0.1) is 0 Å². The molecule has 0 bridgehead atoms. The largest absolute Gasteiger partial charge is 0.379 e. The molecule has 5 rings (SSSR count). The lowest BCUT2D eigenvalue weighted by Gasteiger charge is -2.28. The van der Waals surface area contributed by atoms with Crippen LogP contribution in [0.3, 0.4) is 0 Å². The molecule has 0 spiro atoms. The Kier molecular flexibility index (Phi) is 6.16. The van der Waals surface area contributed by atoms with E-state index in [1.807, 2.05) is 24.3 Å². The number of quaternary nitrogens is 2. The molecule has 0 saturated carbocycles. The number of ketones is 2. The lowest BCUT2D eigenvalue weighted by molar-refractivity contribution is -0.904. The fourth-order valence-corrected chi connectivity index (χ4v) is 4.89. The summed E-state index contributed by atoms with van der Waals surface area (Å²) in [5.74, 6) is -0.266. The van der Waals surface area contributed by atoms with Gasteiger partial charge in [0.15, 0.2) is 18.3 Å². The Hall–Kier alpha value is -3.52. The van der Waals surface area contributed by atoms with Gasteiger partial charge >= 0.3 is 0 Å². The number of carbonyl (C=O) groups excluding carboxylic acids is 2. The highest BCUT2D eigenvalue weighted by molar-refractivity contribution is 6.32. The minimum Gasteiger partial charge on any atom is -0.379 e. The lowest BCUT2D eigenvalue weighted by atomic mass is 9.82. The highest BCUT2D eigenvalue weighted by Crippen LogP contribution is 2.38. The fourth-order valence-electron chi connectivity index (χ4n) is 4.89. The summed E-state index contributed by atoms with van der Waals surface area (Å²) in [6.07, 6.45) is 0. The molecule has 0 amide bonds. The smallest absolute Gasteiger partial charge is 0.196 e. The Balaban J connectivity index is 1.50. The average molecular weight is 487 g/mol. The Labute approximate surface area is 212 Å². The van der Waals surface area contributed by atoms with Gasteiger partial charge in [-0.1, -0.05) is 24.3 Å². The summed E-state index contributed by atoms with van der Waals surface area (Å²) < 4.78 is 7.10. The van der Waals surface area contributed by atoms with Crippen LogP contribution in [0.5, 0.6) is 0 Å². The van der Waals surface area contributed by atoms with Gasteiger partial charge in [0, 0.05) is 34.6 Å². The summed E-state index contributed by atoms with van der Waals surface area (Å²) >= 11 is 0. The van der Waals surface area contributed by atoms with Crippen LogP contribution in [0.25, 0.3) is 0 Å². The van der Waals surface area contributed by atoms with Crippen LogP contribution in [0, 0.1) is 0 Å². The topological polar surface area (TPSA) is 67.4 Å². The van der Waals surface area contributed by atoms with Crippen LogP contribution < -0.4 is 15.1 Å². The van der Waals surface area contributed by atoms with E-state index in [2.05, 4.69) is 51.0 Å². The molecule has 7 heteroatoms. The number of likely N-dealkylation sites (N-methyl/N-ethyl adjacent to an activating group) is 1. The van der Waals surface area contributed by atoms with E-state index < -0.39 is 0 Å². The van der Waals surface area contributed by atoms with Gasteiger partial charge < -0.3 is 19.9 Å². The van der Waals surface area contributed by atoms with E-state index in [-0.39, 0.29) is 11.6 Å². The van der Waals surface area contributed by atoms with E-state index in [1.54, 1.807) is 24.3 Å². The molecule has 1 saturated heterocycles. The number of anilines is 3. The van der Waals surface area contributed by atoms with Crippen molar-refractivity contribution in [2.24, 2.45) is 0 Å². The number of benzene rings is 3. The van der Waals surface area contributed by atoms with Gasteiger partial charge in [0.25, 0.3) is 0 Å². The average Bonchev–Trinajstić information content (AvgIpc) is 3.29. The van der Waals surface area contributed by atoms with Crippen LogP contribution >= 0.6 is 0 Å². The first-order valence-electron chi connectivity index (χ1n) is 12.4. The molecule has 1 atom stereocenters. The van der Waals surface area contributed by atoms with Crippen molar-refractivity contribution in [2.45, 2.75) is 0 Å². The number of ether oxygens (including phenoxy) is 1. The van der Waals surface area contributed by atoms with Crippen molar-refractivity contribution < 1.29 is 18.8 Å². The second-order valence-corrected chi connectivity index (χ2v) is 10.8. The molecule has 2 N–H and O–H groups in total. The Morgan fingerprint density at radius 1 is 0.861 bits per heavy atom. The van der Waals surface area contributed by atoms with E-state index in [0.717, 1.165) is 29.9 Å². The summed E-state index contributed by atoms with van der Waals surface area (Å²) in [5, 5.41) is 6.85. The van der Waals surface area contributed by atoms with Crippen molar-refractivity contribution in [1.29, 1.82) is 0 Å². The highest BCUT2D eigenvalue weighted by atomic mass is 16.5. The van der Waals surface area contributed by atoms with Crippen LogP contribution in [0.4, 0.5) is 22.7 Å². The number of hydrogen-bond donors (Lipinski definition) is 2. The summed E-state index contributed by atoms with van der Waals surface area (Å²) in [7, 11) is 8.52. The highest BCUT2D eigenvalue weighted by Gasteiger charge is 2.34. The number of carbonyl (C=O) groups is 2. The maximum Gasteiger partial charge on any atom is 0.196 e. The summed E-state index contributed by atoms with van der Waals surface area (Å²) in [5.41, 5.74) is 5.11. The van der Waals surface area contributed by atoms with Crippen molar-refractivity contribution >= 4 is 34.3 Å². The predicted molar refractivity (Wildman–Crippen MR) is 144 cm³/mol. The van der Waals surface area contributed by atoms with E-state index in [9.17, 15) is 9.59 Å². The summed E-state index contributed by atoms with van der Waals surface area (Å²) in [4.78, 5) is 27.4. The lowest BCUT2D eigenvalue weighted by Crippen LogP contribution is -2.44. The van der Waals surface area contributed by atoms with Gasteiger partial charge in [0.2, 0.25) is 0 Å². The van der Waals surface area contributed by atoms with Gasteiger partial charge in [-0.05, 0) is 24.3 Å². The van der Waals surface area contributed by atoms with E-state index >= 15 is 0 Å². The SMILES string of the molecule is C[N+]1(CCNc2ccc(Nc3ccc([N+](C)(C)C)cc3)c3c2C(=O)c2ccccc2C3=O)CCOC1. The zero-order valence-electron chi connectivity index (χ0n) is 21.4. The Bertz CT molecular complexity index is 1320. The van der Waals surface area contributed by atoms with Crippen LogP contribution in [-0.4, -0.2) is 77.2 Å². The van der Waals surface area contributed by atoms with Crippen molar-refractivity contribution in [3.63, 3.8) is 0 Å². The molecular formula is C29H34N4O3+2. The van der Waals surface area contributed by atoms with E-state index in [0.29, 0.717) is 51.4 Å². The monoisotopic (exact) mass is 486 g/mol. The molecule has 1 aliphatic carbocycles. The standard InChI is InChI=1S/C29H32N4O3/c1-32(2,3)21-11-9-20(10-12-21)31-25-14-13-24(30-15-16-33(4)17-18-36-19-33)26-27(25)29(35)23-8-6-5-7-22(23)28(26)34/h5-14H,15-19H2,1-4H3/p+2. The Morgan fingerprint density at radius 3 is 2.06 bits per heavy atom. The molecule has 1 aliphatic heterocycles. The van der Waals surface area contributed by atoms with Crippen molar-refractivity contribution in [2.75, 3.05) is 71.8 Å². The van der Waals surface area contributed by atoms with Gasteiger partial charge in [0.1, 0.15) is 18.8 Å². The van der Waals surface area contributed by atoms with Crippen LogP contribution in [0.1, 0.15) is 31.8 Å². The normalized spacial score (nSPS) is 19.1. The third-order valence-electron chi connectivity index (χ3n) is 7.14. The summed E-state index contributed by atoms with van der Waals surface area (Å²) in [6, 6.07) is 19.0. The fraction of sp³-hybridized carbons (Fsp3) is 0.310. The van der Waals surface area contributed by atoms with Crippen LogP contribution in [0.15, 0.2) is 60.7 Å². The molecule has 1 unspecified atom stereocenters. The molecule has 7 nitrogen and oxygen atoms in total. The maximum atomic E-state index is 13.7. The van der Waals surface area contributed by atoms with E-state index in [4.69, 9.17) is 4.74 Å². The number of nitrogens with zero attached hydrogens (tertiary/aromatic N) is 2. The predicted octanol–water partition coefficient (Wildman–Crippen LogP) is 4.25. The van der Waals surface area contributed by atoms with Gasteiger partial charge in [0.05, 0.1) is 58.1 Å². The zero-order valence-corrected chi connectivity index (χ0v) is 21.4. The van der Waals surface area contributed by atoms with Crippen LogP contribution in [0.2, 0.25) is 0 Å². The number of hydrogen-bond acceptors (Lipinski definition) is 5. The molecule has 0 radical (unpaired) electrons. The molecule has 36 heavy (non-hydrogen) atoms. The first-order valence-corrected chi connectivity index (χ1v) is 12.4. The number of fused-ring (bicyclic) bond motifs is 2. The molecular weight excluding hydrogens is 452 g/mol. The second kappa shape index (κ2) is 9.17. The first kappa shape index (κ1) is 24.2. The van der Waals surface area contributed by atoms with E-state index in [1.165, 1.54) is 5.69 Å². The van der Waals surface area contributed by atoms with Crippen molar-refractivity contribution in [3.05, 3.63) is 82.9 Å². The minimum absolute atomic E-state index is 0.128. The van der Waals surface area contributed by atoms with Crippen LogP contribution in [-0.2, 0) is 4.74 Å². The van der Waals surface area contributed by atoms with Crippen molar-refractivity contribution in [1.82, 2.24) is 4.48 Å². The molecule has 3 aromatic rings. The summed E-state index contributed by atoms with van der Waals surface area (Å²) in [6.45, 7) is 3.98. The molecule has 2 aliphatic rings. The third kappa shape index (κ3) is 4.53. The van der Waals surface area contributed by atoms with Crippen molar-refractivity contribution in [3.8, 4) is 0 Å². The Morgan fingerprint density at radius 2 is 1.47 bits per heavy atom. The third-order valence-corrected chi connectivity index (χ3v) is 7.14. The molecule has 1 heterocycles. The zero-order chi connectivity index (χ0) is 25.5. The number of nitrogens with one attached hydrogen (secondary N) is 2. The van der Waals surface area contributed by atoms with Gasteiger partial charge in [-0.3, -0.25) is 14.1 Å². The minimum atomic E-state index is -0.138. The first-order chi connectivity index (χ1) is 17.2. The van der Waals surface area contributed by atoms with Gasteiger partial charge in [-0.25, -0.2) is 0 Å². The number of rotatable bonds is 7. The second-order valence-electron chi connectivity index (χ2n) is 10.8. The molecule has 3 aromatic carbocycles. The maximum absolute atomic E-state index is 13.7.